The molecule has 3 nitrogen and oxygen atoms in total. The first kappa shape index (κ1) is 11.9. The largest absolute Gasteiger partial charge is 0.382 e. The fourth-order valence-electron chi connectivity index (χ4n) is 1.24. The Balaban J connectivity index is 2.10. The van der Waals surface area contributed by atoms with Gasteiger partial charge >= 0.3 is 0 Å². The van der Waals surface area contributed by atoms with E-state index in [4.69, 9.17) is 4.74 Å². The molecule has 0 aromatic carbocycles. The summed E-state index contributed by atoms with van der Waals surface area (Å²) in [5, 5.41) is 4.49. The van der Waals surface area contributed by atoms with E-state index in [-0.39, 0.29) is 0 Å². The number of thioether (sulfide) groups is 1. The highest BCUT2D eigenvalue weighted by Gasteiger charge is 2.11. The maximum Gasteiger partial charge on any atom is 0.156 e. The van der Waals surface area contributed by atoms with Crippen molar-refractivity contribution in [2.75, 3.05) is 25.5 Å². The van der Waals surface area contributed by atoms with E-state index in [9.17, 15) is 0 Å². The van der Waals surface area contributed by atoms with Gasteiger partial charge < -0.3 is 10.1 Å². The second kappa shape index (κ2) is 7.12. The second-order valence-corrected chi connectivity index (χ2v) is 4.50. The molecule has 0 bridgehead atoms. The summed E-state index contributed by atoms with van der Waals surface area (Å²) in [4.78, 5) is 4.49. The van der Waals surface area contributed by atoms with E-state index in [1.165, 1.54) is 12.2 Å². The molecular formula is C10H20N2OS. The molecule has 1 N–H and O–H groups in total. The van der Waals surface area contributed by atoms with Gasteiger partial charge in [-0.1, -0.05) is 11.8 Å². The van der Waals surface area contributed by atoms with Crippen molar-refractivity contribution in [2.45, 2.75) is 32.7 Å². The highest BCUT2D eigenvalue weighted by molar-refractivity contribution is 8.13. The summed E-state index contributed by atoms with van der Waals surface area (Å²) in [5.74, 6) is 1.19. The Bertz CT molecular complexity index is 185. The molecule has 4 heteroatoms. The molecule has 0 amide bonds. The monoisotopic (exact) mass is 216 g/mol. The SMILES string of the molecule is CCOCCCN=C1NC(C)CCS1. The smallest absolute Gasteiger partial charge is 0.156 e. The Hall–Kier alpha value is -0.220. The molecule has 1 atom stereocenters. The van der Waals surface area contributed by atoms with Gasteiger partial charge in [0.25, 0.3) is 0 Å². The molecule has 0 radical (unpaired) electrons. The van der Waals surface area contributed by atoms with E-state index in [2.05, 4.69) is 17.2 Å². The Morgan fingerprint density at radius 3 is 3.21 bits per heavy atom. The van der Waals surface area contributed by atoms with Crippen molar-refractivity contribution in [3.05, 3.63) is 0 Å². The van der Waals surface area contributed by atoms with Gasteiger partial charge in [0, 0.05) is 31.6 Å². The van der Waals surface area contributed by atoms with Crippen LogP contribution in [0.3, 0.4) is 0 Å². The zero-order chi connectivity index (χ0) is 10.2. The first-order valence-electron chi connectivity index (χ1n) is 5.34. The minimum atomic E-state index is 0.585. The van der Waals surface area contributed by atoms with E-state index >= 15 is 0 Å². The Kier molecular flexibility index (Phi) is 6.03. The Labute approximate surface area is 90.7 Å². The van der Waals surface area contributed by atoms with Crippen LogP contribution in [0.4, 0.5) is 0 Å². The van der Waals surface area contributed by atoms with Gasteiger partial charge in [-0.15, -0.1) is 0 Å². The number of amidine groups is 1. The lowest BCUT2D eigenvalue weighted by atomic mass is 10.3. The van der Waals surface area contributed by atoms with Crippen molar-refractivity contribution in [3.8, 4) is 0 Å². The highest BCUT2D eigenvalue weighted by atomic mass is 32.2. The first-order chi connectivity index (χ1) is 6.83. The molecule has 0 aromatic heterocycles. The van der Waals surface area contributed by atoms with Crippen molar-refractivity contribution in [2.24, 2.45) is 4.99 Å². The number of nitrogens with one attached hydrogen (secondary N) is 1. The number of ether oxygens (including phenoxy) is 1. The molecule has 0 saturated carbocycles. The molecule has 1 unspecified atom stereocenters. The van der Waals surface area contributed by atoms with E-state index in [1.54, 1.807) is 0 Å². The third kappa shape index (κ3) is 4.86. The zero-order valence-electron chi connectivity index (χ0n) is 9.08. The lowest BCUT2D eigenvalue weighted by Gasteiger charge is -2.21. The maximum absolute atomic E-state index is 5.25. The van der Waals surface area contributed by atoms with Crippen molar-refractivity contribution >= 4 is 16.9 Å². The summed E-state index contributed by atoms with van der Waals surface area (Å²) < 4.78 is 5.25. The van der Waals surface area contributed by atoms with Crippen molar-refractivity contribution in [3.63, 3.8) is 0 Å². The van der Waals surface area contributed by atoms with E-state index in [1.807, 2.05) is 18.7 Å². The minimum absolute atomic E-state index is 0.585. The van der Waals surface area contributed by atoms with Crippen LogP contribution in [0, 0.1) is 0 Å². The third-order valence-electron chi connectivity index (χ3n) is 2.07. The average molecular weight is 216 g/mol. The van der Waals surface area contributed by atoms with Crippen molar-refractivity contribution < 1.29 is 4.74 Å². The Morgan fingerprint density at radius 1 is 1.64 bits per heavy atom. The quantitative estimate of drug-likeness (QED) is 0.712. The molecule has 1 fully saturated rings. The number of hydrogen-bond acceptors (Lipinski definition) is 3. The summed E-state index contributed by atoms with van der Waals surface area (Å²) in [7, 11) is 0. The van der Waals surface area contributed by atoms with E-state index < -0.39 is 0 Å². The summed E-state index contributed by atoms with van der Waals surface area (Å²) in [6.07, 6.45) is 2.26. The van der Waals surface area contributed by atoms with Crippen LogP contribution in [0.5, 0.6) is 0 Å². The average Bonchev–Trinajstić information content (AvgIpc) is 2.18. The molecule has 0 aromatic rings. The minimum Gasteiger partial charge on any atom is -0.382 e. The lowest BCUT2D eigenvalue weighted by molar-refractivity contribution is 0.146. The number of hydrogen-bond donors (Lipinski definition) is 1. The number of nitrogens with zero attached hydrogens (tertiary/aromatic N) is 1. The fourth-order valence-corrected chi connectivity index (χ4v) is 2.37. The second-order valence-electron chi connectivity index (χ2n) is 3.42. The zero-order valence-corrected chi connectivity index (χ0v) is 9.90. The van der Waals surface area contributed by atoms with Crippen LogP contribution in [-0.4, -0.2) is 36.7 Å². The summed E-state index contributed by atoms with van der Waals surface area (Å²) in [6.45, 7) is 6.73. The van der Waals surface area contributed by atoms with Gasteiger partial charge in [0.05, 0.1) is 0 Å². The molecule has 1 aliphatic rings. The van der Waals surface area contributed by atoms with Gasteiger partial charge in [0.2, 0.25) is 0 Å². The molecule has 1 heterocycles. The summed E-state index contributed by atoms with van der Waals surface area (Å²) in [5.41, 5.74) is 0. The molecule has 82 valence electrons. The van der Waals surface area contributed by atoms with Crippen LogP contribution < -0.4 is 5.32 Å². The van der Waals surface area contributed by atoms with Crippen molar-refractivity contribution in [1.82, 2.24) is 5.32 Å². The van der Waals surface area contributed by atoms with Crippen LogP contribution in [-0.2, 0) is 4.74 Å². The predicted molar refractivity (Wildman–Crippen MR) is 63.1 cm³/mol. The van der Waals surface area contributed by atoms with Crippen LogP contribution in [0.2, 0.25) is 0 Å². The molecule has 0 aliphatic carbocycles. The van der Waals surface area contributed by atoms with Gasteiger partial charge in [0.1, 0.15) is 0 Å². The summed E-state index contributed by atoms with van der Waals surface area (Å²) >= 11 is 1.83. The standard InChI is InChI=1S/C10H20N2OS/c1-3-13-7-4-6-11-10-12-9(2)5-8-14-10/h9H,3-8H2,1-2H3,(H,11,12). The van der Waals surface area contributed by atoms with Crippen LogP contribution in [0.25, 0.3) is 0 Å². The van der Waals surface area contributed by atoms with Crippen LogP contribution in [0.1, 0.15) is 26.7 Å². The van der Waals surface area contributed by atoms with Gasteiger partial charge in [-0.3, -0.25) is 4.99 Å². The predicted octanol–water partition coefficient (Wildman–Crippen LogP) is 1.88. The topological polar surface area (TPSA) is 33.6 Å². The highest BCUT2D eigenvalue weighted by Crippen LogP contribution is 2.13. The van der Waals surface area contributed by atoms with Gasteiger partial charge in [-0.2, -0.15) is 0 Å². The van der Waals surface area contributed by atoms with E-state index in [0.717, 1.165) is 31.3 Å². The molecule has 14 heavy (non-hydrogen) atoms. The fraction of sp³-hybridized carbons (Fsp3) is 0.900. The van der Waals surface area contributed by atoms with Gasteiger partial charge in [-0.05, 0) is 26.7 Å². The molecule has 1 aliphatic heterocycles. The third-order valence-corrected chi connectivity index (χ3v) is 3.03. The molecule has 1 saturated heterocycles. The van der Waals surface area contributed by atoms with E-state index in [0.29, 0.717) is 6.04 Å². The van der Waals surface area contributed by atoms with Gasteiger partial charge in [-0.25, -0.2) is 0 Å². The summed E-state index contributed by atoms with van der Waals surface area (Å²) in [6, 6.07) is 0.585. The Morgan fingerprint density at radius 2 is 2.50 bits per heavy atom. The normalized spacial score (nSPS) is 25.0. The van der Waals surface area contributed by atoms with Crippen LogP contribution >= 0.6 is 11.8 Å². The molecule has 0 spiro atoms. The van der Waals surface area contributed by atoms with Crippen LogP contribution in [0.15, 0.2) is 4.99 Å². The van der Waals surface area contributed by atoms with Gasteiger partial charge in [0.15, 0.2) is 5.17 Å². The number of aliphatic imine (C=N–C) groups is 1. The number of rotatable bonds is 5. The first-order valence-corrected chi connectivity index (χ1v) is 6.33. The lowest BCUT2D eigenvalue weighted by Crippen LogP contribution is -2.35. The molecule has 1 rings (SSSR count). The van der Waals surface area contributed by atoms with Crippen molar-refractivity contribution in [1.29, 1.82) is 0 Å². The maximum atomic E-state index is 5.25. The molecular weight excluding hydrogens is 196 g/mol.